The highest BCUT2D eigenvalue weighted by atomic mass is 79.9. The van der Waals surface area contributed by atoms with E-state index >= 15 is 0 Å². The lowest BCUT2D eigenvalue weighted by Crippen LogP contribution is -2.23. The van der Waals surface area contributed by atoms with Crippen molar-refractivity contribution in [1.29, 1.82) is 0 Å². The molecule has 1 heterocycles. The number of nitrogens with zero attached hydrogens (tertiary/aromatic N) is 2. The molecule has 0 fully saturated rings. The van der Waals surface area contributed by atoms with Crippen LogP contribution in [0.1, 0.15) is 25.8 Å². The predicted molar refractivity (Wildman–Crippen MR) is 91.9 cm³/mol. The number of hydrogen-bond acceptors (Lipinski definition) is 6. The second-order valence-corrected chi connectivity index (χ2v) is 7.90. The van der Waals surface area contributed by atoms with E-state index in [2.05, 4.69) is 31.2 Å². The maximum Gasteiger partial charge on any atom is 0.340 e. The summed E-state index contributed by atoms with van der Waals surface area (Å²) in [6.07, 6.45) is 1.93. The molecule has 0 saturated carbocycles. The fourth-order valence-corrected chi connectivity index (χ4v) is 3.12. The van der Waals surface area contributed by atoms with Crippen LogP contribution in [0.4, 0.5) is 14.7 Å². The SMILES string of the molecule is CC(C)(O)CCNc1ncc2cc(Br)c(C(F)(F)P(O)O)cc2n1. The minimum atomic E-state index is -3.78. The summed E-state index contributed by atoms with van der Waals surface area (Å²) in [5, 5.41) is 13.1. The van der Waals surface area contributed by atoms with Crippen LogP contribution in [0.5, 0.6) is 0 Å². The van der Waals surface area contributed by atoms with Crippen LogP contribution in [0.25, 0.3) is 10.9 Å². The second-order valence-electron chi connectivity index (χ2n) is 5.90. The molecule has 0 bridgehead atoms. The van der Waals surface area contributed by atoms with Crippen LogP contribution >= 0.6 is 24.3 Å². The first kappa shape index (κ1) is 19.3. The van der Waals surface area contributed by atoms with Crippen molar-refractivity contribution < 1.29 is 23.7 Å². The summed E-state index contributed by atoms with van der Waals surface area (Å²) >= 11 is 3.01. The summed E-state index contributed by atoms with van der Waals surface area (Å²) in [7, 11) is -3.47. The Bertz CT molecular complexity index is 741. The molecule has 2 aromatic rings. The predicted octanol–water partition coefficient (Wildman–Crippen LogP) is 3.31. The minimum Gasteiger partial charge on any atom is -0.390 e. The van der Waals surface area contributed by atoms with E-state index in [4.69, 9.17) is 9.79 Å². The summed E-state index contributed by atoms with van der Waals surface area (Å²) in [6.45, 7) is 3.75. The highest BCUT2D eigenvalue weighted by molar-refractivity contribution is 9.10. The lowest BCUT2D eigenvalue weighted by molar-refractivity contribution is 0.0725. The molecular formula is C14H17BrF2N3O3P. The fourth-order valence-electron chi connectivity index (χ4n) is 1.95. The molecule has 4 N–H and O–H groups in total. The number of alkyl halides is 2. The van der Waals surface area contributed by atoms with E-state index in [9.17, 15) is 13.9 Å². The van der Waals surface area contributed by atoms with Gasteiger partial charge < -0.3 is 20.2 Å². The smallest absolute Gasteiger partial charge is 0.340 e. The maximum atomic E-state index is 13.9. The van der Waals surface area contributed by atoms with Crippen LogP contribution in [0, 0.1) is 0 Å². The zero-order valence-corrected chi connectivity index (χ0v) is 15.4. The Balaban J connectivity index is 2.32. The summed E-state index contributed by atoms with van der Waals surface area (Å²) in [5.74, 6) is 0.235. The third-order valence-corrected chi connectivity index (χ3v) is 4.66. The minimum absolute atomic E-state index is 0.0435. The molecule has 0 saturated heterocycles. The van der Waals surface area contributed by atoms with E-state index in [0.29, 0.717) is 18.4 Å². The van der Waals surface area contributed by atoms with E-state index in [0.717, 1.165) is 6.07 Å². The lowest BCUT2D eigenvalue weighted by Gasteiger charge is -2.19. The molecule has 0 spiro atoms. The molecule has 0 aliphatic rings. The van der Waals surface area contributed by atoms with Crippen LogP contribution in [-0.4, -0.2) is 37.0 Å². The molecular weight excluding hydrogens is 407 g/mol. The van der Waals surface area contributed by atoms with Crippen molar-refractivity contribution in [1.82, 2.24) is 9.97 Å². The number of rotatable bonds is 6. The number of hydrogen-bond donors (Lipinski definition) is 4. The van der Waals surface area contributed by atoms with Crippen LogP contribution in [-0.2, 0) is 5.66 Å². The molecule has 132 valence electrons. The molecule has 0 aliphatic heterocycles. The Morgan fingerprint density at radius 3 is 2.54 bits per heavy atom. The number of benzene rings is 1. The Morgan fingerprint density at radius 1 is 1.29 bits per heavy atom. The first-order valence-corrected chi connectivity index (χ1v) is 9.03. The largest absolute Gasteiger partial charge is 0.390 e. The summed E-state index contributed by atoms with van der Waals surface area (Å²) < 4.78 is 27.9. The van der Waals surface area contributed by atoms with Gasteiger partial charge in [-0.1, -0.05) is 15.9 Å². The van der Waals surface area contributed by atoms with Gasteiger partial charge in [-0.2, -0.15) is 8.78 Å². The van der Waals surface area contributed by atoms with E-state index in [1.807, 2.05) is 0 Å². The van der Waals surface area contributed by atoms with Crippen LogP contribution < -0.4 is 5.32 Å². The summed E-state index contributed by atoms with van der Waals surface area (Å²) in [5.41, 5.74) is -4.93. The molecule has 2 rings (SSSR count). The molecule has 6 nitrogen and oxygen atoms in total. The average molecular weight is 424 g/mol. The van der Waals surface area contributed by atoms with Crippen molar-refractivity contribution >= 4 is 41.2 Å². The molecule has 0 aliphatic carbocycles. The van der Waals surface area contributed by atoms with Gasteiger partial charge in [0.05, 0.1) is 11.1 Å². The number of fused-ring (bicyclic) bond motifs is 1. The van der Waals surface area contributed by atoms with Gasteiger partial charge in [0.2, 0.25) is 14.3 Å². The van der Waals surface area contributed by atoms with E-state index in [-0.39, 0.29) is 15.9 Å². The average Bonchev–Trinajstić information content (AvgIpc) is 2.45. The van der Waals surface area contributed by atoms with Crippen molar-refractivity contribution in [2.45, 2.75) is 31.5 Å². The Hall–Kier alpha value is -0.990. The number of nitrogens with one attached hydrogen (secondary N) is 1. The highest BCUT2D eigenvalue weighted by Gasteiger charge is 2.42. The summed E-state index contributed by atoms with van der Waals surface area (Å²) in [6, 6.07) is 2.50. The van der Waals surface area contributed by atoms with Crippen LogP contribution in [0.3, 0.4) is 0 Å². The van der Waals surface area contributed by atoms with E-state index in [1.54, 1.807) is 13.8 Å². The van der Waals surface area contributed by atoms with Gasteiger partial charge in [0, 0.05) is 28.2 Å². The van der Waals surface area contributed by atoms with Gasteiger partial charge in [-0.15, -0.1) is 0 Å². The van der Waals surface area contributed by atoms with Gasteiger partial charge in [-0.3, -0.25) is 0 Å². The van der Waals surface area contributed by atoms with Crippen molar-refractivity contribution in [3.8, 4) is 0 Å². The van der Waals surface area contributed by atoms with Crippen LogP contribution in [0.2, 0.25) is 0 Å². The molecule has 0 unspecified atom stereocenters. The standard InChI is InChI=1S/C14H17BrF2N3O3P/c1-13(2,21)3-4-18-12-19-7-8-5-10(15)9(6-11(8)20-12)14(16,17)24(22)23/h5-7,21-23H,3-4H2,1-2H3,(H,18,19,20). The van der Waals surface area contributed by atoms with Crippen molar-refractivity contribution in [2.75, 3.05) is 11.9 Å². The lowest BCUT2D eigenvalue weighted by atomic mass is 10.1. The number of anilines is 1. The molecule has 0 atom stereocenters. The van der Waals surface area contributed by atoms with Crippen molar-refractivity contribution in [2.24, 2.45) is 0 Å². The molecule has 1 aromatic heterocycles. The number of aliphatic hydroxyl groups is 1. The van der Waals surface area contributed by atoms with Gasteiger partial charge >= 0.3 is 5.66 Å². The van der Waals surface area contributed by atoms with E-state index in [1.165, 1.54) is 12.3 Å². The molecule has 10 heteroatoms. The topological polar surface area (TPSA) is 98.5 Å². The molecule has 0 radical (unpaired) electrons. The first-order valence-electron chi connectivity index (χ1n) is 6.99. The second kappa shape index (κ2) is 7.09. The monoisotopic (exact) mass is 423 g/mol. The quantitative estimate of drug-likeness (QED) is 0.532. The van der Waals surface area contributed by atoms with Gasteiger partial charge in [-0.05, 0) is 32.4 Å². The van der Waals surface area contributed by atoms with Gasteiger partial charge in [-0.25, -0.2) is 9.97 Å². The van der Waals surface area contributed by atoms with E-state index < -0.39 is 25.2 Å². The molecule has 1 aromatic carbocycles. The van der Waals surface area contributed by atoms with Gasteiger partial charge in [0.25, 0.3) is 0 Å². The highest BCUT2D eigenvalue weighted by Crippen LogP contribution is 2.54. The normalized spacial score (nSPS) is 12.9. The van der Waals surface area contributed by atoms with Gasteiger partial charge in [0.1, 0.15) is 0 Å². The molecule has 24 heavy (non-hydrogen) atoms. The molecule has 0 amide bonds. The zero-order chi connectivity index (χ0) is 18.1. The summed E-state index contributed by atoms with van der Waals surface area (Å²) in [4.78, 5) is 26.2. The van der Waals surface area contributed by atoms with Crippen LogP contribution in [0.15, 0.2) is 22.8 Å². The van der Waals surface area contributed by atoms with Crippen molar-refractivity contribution in [3.05, 3.63) is 28.4 Å². The Kier molecular flexibility index (Phi) is 5.71. The van der Waals surface area contributed by atoms with Gasteiger partial charge in [0.15, 0.2) is 0 Å². The Labute approximate surface area is 147 Å². The number of aromatic nitrogens is 2. The Morgan fingerprint density at radius 2 is 1.96 bits per heavy atom. The first-order chi connectivity index (χ1) is 11.0. The fraction of sp³-hybridized carbons (Fsp3) is 0.429. The number of halogens is 3. The third kappa shape index (κ3) is 4.55. The van der Waals surface area contributed by atoms with Crippen molar-refractivity contribution in [3.63, 3.8) is 0 Å². The maximum absolute atomic E-state index is 13.9. The zero-order valence-electron chi connectivity index (χ0n) is 13.0. The third-order valence-electron chi connectivity index (χ3n) is 3.26.